The van der Waals surface area contributed by atoms with Crippen LogP contribution in [-0.4, -0.2) is 47.7 Å². The van der Waals surface area contributed by atoms with Gasteiger partial charge >= 0.3 is 0 Å². The molecule has 0 heterocycles. The normalized spacial score (nSPS) is 12.1. The number of hydrogen-bond donors (Lipinski definition) is 0. The summed E-state index contributed by atoms with van der Waals surface area (Å²) in [5, 5.41) is 0. The molecule has 8 heteroatoms. The first-order valence-corrected chi connectivity index (χ1v) is 6.32. The number of hydrogen-bond acceptors (Lipinski definition) is 1. The van der Waals surface area contributed by atoms with Crippen LogP contribution >= 0.6 is 23.2 Å². The maximum atomic E-state index is 12.4. The second kappa shape index (κ2) is 9.77. The van der Waals surface area contributed by atoms with Gasteiger partial charge in [-0.05, 0) is 0 Å². The third-order valence-corrected chi connectivity index (χ3v) is 3.88. The third kappa shape index (κ3) is 5.83. The molecule has 0 aromatic rings. The molecule has 0 aliphatic rings. The van der Waals surface area contributed by atoms with Crippen LogP contribution in [0.1, 0.15) is 25.7 Å². The van der Waals surface area contributed by atoms with Crippen molar-refractivity contribution >= 4 is 29.0 Å². The van der Waals surface area contributed by atoms with Gasteiger partial charge in [-0.25, -0.2) is 0 Å². The Balaban J connectivity index is 0. The lowest BCUT2D eigenvalue weighted by molar-refractivity contribution is -0.125. The van der Waals surface area contributed by atoms with Crippen LogP contribution in [0.4, 0.5) is 17.6 Å². The smallest absolute Gasteiger partial charge is 0.174 e. The summed E-state index contributed by atoms with van der Waals surface area (Å²) < 4.78 is 49.5. The molecular weight excluding hydrogens is 311 g/mol. The molecule has 0 atom stereocenters. The SMILES string of the molecule is O.O=C(C(Cl)(CCF)CCF)C(Cl)(CCF)CCF. The Hall–Kier alpha value is -0.0700. The van der Waals surface area contributed by atoms with Crippen LogP contribution in [0.3, 0.4) is 0 Å². The Morgan fingerprint density at radius 3 is 1.11 bits per heavy atom. The standard InChI is InChI=1S/C11H16Cl2F4O.H2O/c12-10(1-5-14,2-6-15)9(18)11(13,3-7-16)4-8-17;/h1-8H2;1H2. The predicted octanol–water partition coefficient (Wildman–Crippen LogP) is 3.12. The molecule has 0 saturated carbocycles. The van der Waals surface area contributed by atoms with E-state index in [1.807, 2.05) is 0 Å². The maximum absolute atomic E-state index is 12.4. The molecule has 2 N–H and O–H groups in total. The first-order valence-electron chi connectivity index (χ1n) is 5.57. The molecule has 0 fully saturated rings. The summed E-state index contributed by atoms with van der Waals surface area (Å²) in [6.07, 6.45) is -1.70. The summed E-state index contributed by atoms with van der Waals surface area (Å²) in [5.74, 6) is -0.899. The maximum Gasteiger partial charge on any atom is 0.174 e. The van der Waals surface area contributed by atoms with Gasteiger partial charge in [0.15, 0.2) is 5.78 Å². The third-order valence-electron chi connectivity index (χ3n) is 2.78. The highest BCUT2D eigenvalue weighted by Gasteiger charge is 2.47. The quantitative estimate of drug-likeness (QED) is 0.449. The number of carbonyl (C=O) groups excluding carboxylic acids is 1. The molecule has 0 rings (SSSR count). The molecule has 0 aromatic heterocycles. The first kappa shape index (κ1) is 21.2. The van der Waals surface area contributed by atoms with Gasteiger partial charge in [-0.2, -0.15) is 0 Å². The highest BCUT2D eigenvalue weighted by atomic mass is 35.5. The molecule has 0 radical (unpaired) electrons. The molecule has 0 amide bonds. The van der Waals surface area contributed by atoms with E-state index in [0.29, 0.717) is 0 Å². The van der Waals surface area contributed by atoms with Crippen LogP contribution in [0, 0.1) is 0 Å². The molecule has 0 aliphatic heterocycles. The summed E-state index contributed by atoms with van der Waals surface area (Å²) in [6.45, 7) is -3.75. The molecule has 19 heavy (non-hydrogen) atoms. The van der Waals surface area contributed by atoms with Crippen LogP contribution in [0.5, 0.6) is 0 Å². The van der Waals surface area contributed by atoms with Crippen molar-refractivity contribution < 1.29 is 27.8 Å². The number of halogens is 6. The molecule has 0 spiro atoms. The molecule has 0 bridgehead atoms. The van der Waals surface area contributed by atoms with Crippen LogP contribution in [-0.2, 0) is 4.79 Å². The Bertz CT molecular complexity index is 231. The van der Waals surface area contributed by atoms with Gasteiger partial charge < -0.3 is 5.48 Å². The molecule has 2 nitrogen and oxygen atoms in total. The van der Waals surface area contributed by atoms with E-state index in [9.17, 15) is 22.4 Å². The van der Waals surface area contributed by atoms with Crippen LogP contribution < -0.4 is 0 Å². The van der Waals surface area contributed by atoms with Gasteiger partial charge in [-0.3, -0.25) is 22.4 Å². The number of ketones is 1. The van der Waals surface area contributed by atoms with E-state index in [2.05, 4.69) is 0 Å². The summed E-state index contributed by atoms with van der Waals surface area (Å²) in [5.41, 5.74) is 0. The summed E-state index contributed by atoms with van der Waals surface area (Å²) in [4.78, 5) is 8.44. The number of carbonyl (C=O) groups is 1. The van der Waals surface area contributed by atoms with Crippen molar-refractivity contribution in [1.82, 2.24) is 0 Å². The van der Waals surface area contributed by atoms with E-state index < -0.39 is 67.9 Å². The van der Waals surface area contributed by atoms with Crippen molar-refractivity contribution in [3.63, 3.8) is 0 Å². The van der Waals surface area contributed by atoms with Gasteiger partial charge in [0.05, 0.1) is 26.7 Å². The first-order chi connectivity index (χ1) is 8.40. The minimum atomic E-state index is -1.84. The Morgan fingerprint density at radius 1 is 0.737 bits per heavy atom. The zero-order valence-electron chi connectivity index (χ0n) is 10.3. The molecule has 0 unspecified atom stereocenters. The Morgan fingerprint density at radius 2 is 0.947 bits per heavy atom. The van der Waals surface area contributed by atoms with Gasteiger partial charge in [0.2, 0.25) is 0 Å². The van der Waals surface area contributed by atoms with Gasteiger partial charge in [-0.15, -0.1) is 23.2 Å². The summed E-state index contributed by atoms with van der Waals surface area (Å²) >= 11 is 11.8. The zero-order chi connectivity index (χ0) is 14.2. The predicted molar refractivity (Wildman–Crippen MR) is 68.2 cm³/mol. The fraction of sp³-hybridized carbons (Fsp3) is 0.909. The van der Waals surface area contributed by atoms with Gasteiger partial charge in [0, 0.05) is 25.7 Å². The topological polar surface area (TPSA) is 48.6 Å². The Kier molecular flexibility index (Phi) is 10.9. The number of alkyl halides is 6. The molecule has 0 aromatic carbocycles. The van der Waals surface area contributed by atoms with E-state index in [1.165, 1.54) is 0 Å². The van der Waals surface area contributed by atoms with Crippen molar-refractivity contribution in [1.29, 1.82) is 0 Å². The highest BCUT2D eigenvalue weighted by Crippen LogP contribution is 2.37. The lowest BCUT2D eigenvalue weighted by Gasteiger charge is -2.33. The van der Waals surface area contributed by atoms with Crippen molar-refractivity contribution in [2.45, 2.75) is 35.4 Å². The summed E-state index contributed by atoms with van der Waals surface area (Å²) in [6, 6.07) is 0. The number of rotatable bonds is 10. The second-order valence-electron chi connectivity index (χ2n) is 4.02. The molecular formula is C11H18Cl2F4O2. The fourth-order valence-corrected chi connectivity index (χ4v) is 2.40. The van der Waals surface area contributed by atoms with E-state index in [0.717, 1.165) is 0 Å². The minimum Gasteiger partial charge on any atom is -0.412 e. The fourth-order valence-electron chi connectivity index (χ4n) is 1.70. The highest BCUT2D eigenvalue weighted by molar-refractivity contribution is 6.45. The summed E-state index contributed by atoms with van der Waals surface area (Å²) in [7, 11) is 0. The monoisotopic (exact) mass is 328 g/mol. The lowest BCUT2D eigenvalue weighted by atomic mass is 9.84. The Labute approximate surface area is 119 Å². The van der Waals surface area contributed by atoms with E-state index in [-0.39, 0.29) is 5.48 Å². The van der Waals surface area contributed by atoms with Crippen molar-refractivity contribution in [2.75, 3.05) is 26.7 Å². The van der Waals surface area contributed by atoms with E-state index in [4.69, 9.17) is 23.2 Å². The average molecular weight is 329 g/mol. The zero-order valence-corrected chi connectivity index (χ0v) is 11.8. The van der Waals surface area contributed by atoms with E-state index in [1.54, 1.807) is 0 Å². The second-order valence-corrected chi connectivity index (χ2v) is 5.46. The van der Waals surface area contributed by atoms with Crippen LogP contribution in [0.15, 0.2) is 0 Å². The average Bonchev–Trinajstić information content (AvgIpc) is 2.29. The van der Waals surface area contributed by atoms with Gasteiger partial charge in [0.1, 0.15) is 9.75 Å². The van der Waals surface area contributed by atoms with Crippen molar-refractivity contribution in [3.8, 4) is 0 Å². The minimum absolute atomic E-state index is 0. The van der Waals surface area contributed by atoms with Crippen molar-refractivity contribution in [2.24, 2.45) is 0 Å². The largest absolute Gasteiger partial charge is 0.412 e. The van der Waals surface area contributed by atoms with Crippen LogP contribution in [0.25, 0.3) is 0 Å². The van der Waals surface area contributed by atoms with Crippen LogP contribution in [0.2, 0.25) is 0 Å². The van der Waals surface area contributed by atoms with E-state index >= 15 is 0 Å². The van der Waals surface area contributed by atoms with Crippen molar-refractivity contribution in [3.05, 3.63) is 0 Å². The molecule has 0 saturated heterocycles. The number of Topliss-reactive ketones (excluding diaryl/α,β-unsaturated/α-hetero) is 1. The lowest BCUT2D eigenvalue weighted by Crippen LogP contribution is -2.48. The molecule has 0 aliphatic carbocycles. The van der Waals surface area contributed by atoms with Gasteiger partial charge in [0.25, 0.3) is 0 Å². The molecule has 116 valence electrons. The van der Waals surface area contributed by atoms with Gasteiger partial charge in [-0.1, -0.05) is 0 Å².